The van der Waals surface area contributed by atoms with Crippen LogP contribution in [0.4, 0.5) is 0 Å². The van der Waals surface area contributed by atoms with Gasteiger partial charge in [0.05, 0.1) is 24.8 Å². The summed E-state index contributed by atoms with van der Waals surface area (Å²) >= 11 is 0. The minimum atomic E-state index is -0.530. The number of aromatic nitrogens is 1. The van der Waals surface area contributed by atoms with Crippen molar-refractivity contribution in [2.75, 3.05) is 6.54 Å². The van der Waals surface area contributed by atoms with Gasteiger partial charge in [0, 0.05) is 18.1 Å². The first-order valence-electron chi connectivity index (χ1n) is 6.02. The third kappa shape index (κ3) is 2.07. The molecule has 4 heteroatoms. The summed E-state index contributed by atoms with van der Waals surface area (Å²) in [6, 6.07) is 9.99. The van der Waals surface area contributed by atoms with E-state index in [0.717, 1.165) is 16.5 Å². The van der Waals surface area contributed by atoms with Crippen LogP contribution >= 0.6 is 0 Å². The number of amides is 1. The van der Waals surface area contributed by atoms with Crippen LogP contribution in [-0.4, -0.2) is 33.5 Å². The van der Waals surface area contributed by atoms with Gasteiger partial charge in [-0.1, -0.05) is 24.3 Å². The first-order valence-corrected chi connectivity index (χ1v) is 6.02. The molecule has 2 heterocycles. The average Bonchev–Trinajstić information content (AvgIpc) is 2.68. The molecule has 4 nitrogen and oxygen atoms in total. The van der Waals surface area contributed by atoms with Crippen LogP contribution in [0.1, 0.15) is 12.1 Å². The van der Waals surface area contributed by atoms with Gasteiger partial charge >= 0.3 is 0 Å². The second-order valence-electron chi connectivity index (χ2n) is 4.65. The van der Waals surface area contributed by atoms with Crippen molar-refractivity contribution in [1.29, 1.82) is 0 Å². The Morgan fingerprint density at radius 1 is 1.33 bits per heavy atom. The highest BCUT2D eigenvalue weighted by atomic mass is 16.3. The largest absolute Gasteiger partial charge is 0.391 e. The van der Waals surface area contributed by atoms with Crippen molar-refractivity contribution in [3.63, 3.8) is 0 Å². The van der Waals surface area contributed by atoms with Gasteiger partial charge in [-0.05, 0) is 11.5 Å². The fourth-order valence-electron chi connectivity index (χ4n) is 2.32. The van der Waals surface area contributed by atoms with Crippen LogP contribution < -0.4 is 0 Å². The van der Waals surface area contributed by atoms with E-state index in [-0.39, 0.29) is 12.3 Å². The molecule has 18 heavy (non-hydrogen) atoms. The molecule has 1 amide bonds. The molecule has 1 aliphatic rings. The van der Waals surface area contributed by atoms with Gasteiger partial charge in [-0.3, -0.25) is 9.78 Å². The molecule has 0 saturated carbocycles. The summed E-state index contributed by atoms with van der Waals surface area (Å²) < 4.78 is 0. The van der Waals surface area contributed by atoms with Gasteiger partial charge in [0.15, 0.2) is 0 Å². The summed E-state index contributed by atoms with van der Waals surface area (Å²) in [5.41, 5.74) is 0.858. The maximum Gasteiger partial charge on any atom is 0.225 e. The van der Waals surface area contributed by atoms with Crippen molar-refractivity contribution in [2.24, 2.45) is 0 Å². The molecule has 1 atom stereocenters. The fourth-order valence-corrected chi connectivity index (χ4v) is 2.32. The molecular formula is C14H14N2O2. The van der Waals surface area contributed by atoms with E-state index >= 15 is 0 Å². The number of nitrogens with zero attached hydrogens (tertiary/aromatic N) is 2. The summed E-state index contributed by atoms with van der Waals surface area (Å²) in [4.78, 5) is 17.6. The van der Waals surface area contributed by atoms with Crippen LogP contribution in [-0.2, 0) is 11.3 Å². The topological polar surface area (TPSA) is 53.4 Å². The molecule has 3 rings (SSSR count). The standard InChI is InChI=1S/C14H14N2O2/c17-13-6-14(18)16(9-13)8-12-5-10-3-1-2-4-11(10)7-15-12/h1-5,7,13,17H,6,8-9H2. The van der Waals surface area contributed by atoms with Gasteiger partial charge in [0.2, 0.25) is 5.91 Å². The van der Waals surface area contributed by atoms with Gasteiger partial charge < -0.3 is 10.0 Å². The van der Waals surface area contributed by atoms with Crippen molar-refractivity contribution in [3.8, 4) is 0 Å². The van der Waals surface area contributed by atoms with Gasteiger partial charge in [-0.15, -0.1) is 0 Å². The number of aliphatic hydroxyl groups excluding tert-OH is 1. The van der Waals surface area contributed by atoms with Gasteiger partial charge in [0.25, 0.3) is 0 Å². The molecule has 0 radical (unpaired) electrons. The highest BCUT2D eigenvalue weighted by molar-refractivity contribution is 5.82. The SMILES string of the molecule is O=C1CC(O)CN1Cc1cc2ccccc2cn1. The predicted molar refractivity (Wildman–Crippen MR) is 67.8 cm³/mol. The molecule has 0 bridgehead atoms. The highest BCUT2D eigenvalue weighted by Crippen LogP contribution is 2.17. The Morgan fingerprint density at radius 3 is 2.83 bits per heavy atom. The summed E-state index contributed by atoms with van der Waals surface area (Å²) in [5, 5.41) is 11.6. The number of fused-ring (bicyclic) bond motifs is 1. The third-order valence-electron chi connectivity index (χ3n) is 3.23. The number of pyridine rings is 1. The summed E-state index contributed by atoms with van der Waals surface area (Å²) in [6.45, 7) is 0.883. The van der Waals surface area contributed by atoms with E-state index in [9.17, 15) is 9.90 Å². The third-order valence-corrected chi connectivity index (χ3v) is 3.23. The first-order chi connectivity index (χ1) is 8.72. The van der Waals surface area contributed by atoms with Gasteiger partial charge in [-0.25, -0.2) is 0 Å². The van der Waals surface area contributed by atoms with E-state index in [2.05, 4.69) is 4.98 Å². The van der Waals surface area contributed by atoms with Crippen molar-refractivity contribution in [2.45, 2.75) is 19.1 Å². The van der Waals surface area contributed by atoms with Crippen LogP contribution in [0.3, 0.4) is 0 Å². The quantitative estimate of drug-likeness (QED) is 0.864. The number of likely N-dealkylation sites (tertiary alicyclic amines) is 1. The molecule has 1 N–H and O–H groups in total. The average molecular weight is 242 g/mol. The molecule has 1 aliphatic heterocycles. The smallest absolute Gasteiger partial charge is 0.225 e. The zero-order valence-corrected chi connectivity index (χ0v) is 9.91. The molecule has 1 aromatic carbocycles. The molecule has 0 aliphatic carbocycles. The maximum absolute atomic E-state index is 11.6. The number of carbonyl (C=O) groups excluding carboxylic acids is 1. The highest BCUT2D eigenvalue weighted by Gasteiger charge is 2.27. The predicted octanol–water partition coefficient (Wildman–Crippen LogP) is 1.33. The van der Waals surface area contributed by atoms with Crippen LogP contribution in [0.15, 0.2) is 36.5 Å². The number of aliphatic hydroxyl groups is 1. The Labute approximate surface area is 105 Å². The lowest BCUT2D eigenvalue weighted by Crippen LogP contribution is -2.25. The molecule has 1 unspecified atom stereocenters. The lowest BCUT2D eigenvalue weighted by atomic mass is 10.1. The van der Waals surface area contributed by atoms with Crippen molar-refractivity contribution >= 4 is 16.7 Å². The molecule has 92 valence electrons. The summed E-state index contributed by atoms with van der Waals surface area (Å²) in [6.07, 6.45) is 1.52. The number of rotatable bonds is 2. The van der Waals surface area contributed by atoms with Crippen LogP contribution in [0.5, 0.6) is 0 Å². The van der Waals surface area contributed by atoms with E-state index in [0.29, 0.717) is 13.1 Å². The Balaban J connectivity index is 1.84. The number of hydrogen-bond donors (Lipinski definition) is 1. The molecule has 2 aromatic rings. The minimum absolute atomic E-state index is 0.00235. The molecule has 1 aromatic heterocycles. The normalized spacial score (nSPS) is 19.7. The second-order valence-corrected chi connectivity index (χ2v) is 4.65. The lowest BCUT2D eigenvalue weighted by Gasteiger charge is -2.15. The van der Waals surface area contributed by atoms with Crippen LogP contribution in [0.2, 0.25) is 0 Å². The number of carbonyl (C=O) groups is 1. The van der Waals surface area contributed by atoms with Crippen molar-refractivity contribution in [1.82, 2.24) is 9.88 Å². The van der Waals surface area contributed by atoms with E-state index in [4.69, 9.17) is 0 Å². The zero-order valence-electron chi connectivity index (χ0n) is 9.91. The van der Waals surface area contributed by atoms with E-state index in [1.165, 1.54) is 0 Å². The molecular weight excluding hydrogens is 228 g/mol. The Hall–Kier alpha value is -1.94. The van der Waals surface area contributed by atoms with Crippen molar-refractivity contribution < 1.29 is 9.90 Å². The fraction of sp³-hybridized carbons (Fsp3) is 0.286. The lowest BCUT2D eigenvalue weighted by molar-refractivity contribution is -0.128. The molecule has 1 saturated heterocycles. The molecule has 0 spiro atoms. The van der Waals surface area contributed by atoms with E-state index in [1.807, 2.05) is 36.5 Å². The molecule has 1 fully saturated rings. The summed E-state index contributed by atoms with van der Waals surface area (Å²) in [5.74, 6) is -0.00235. The van der Waals surface area contributed by atoms with Crippen molar-refractivity contribution in [3.05, 3.63) is 42.2 Å². The Morgan fingerprint density at radius 2 is 2.11 bits per heavy atom. The van der Waals surface area contributed by atoms with Gasteiger partial charge in [-0.2, -0.15) is 0 Å². The van der Waals surface area contributed by atoms with E-state index < -0.39 is 6.10 Å². The Bertz CT molecular complexity index is 597. The zero-order chi connectivity index (χ0) is 12.5. The maximum atomic E-state index is 11.6. The monoisotopic (exact) mass is 242 g/mol. The number of hydrogen-bond acceptors (Lipinski definition) is 3. The van der Waals surface area contributed by atoms with E-state index in [1.54, 1.807) is 4.90 Å². The van der Waals surface area contributed by atoms with Gasteiger partial charge in [0.1, 0.15) is 0 Å². The summed E-state index contributed by atoms with van der Waals surface area (Å²) in [7, 11) is 0. The second kappa shape index (κ2) is 4.38. The first kappa shape index (κ1) is 11.2. The minimum Gasteiger partial charge on any atom is -0.391 e. The number of β-amino-alcohol motifs (C(OH)–C–C–N with tert-alkyl or cyclic N) is 1. The Kier molecular flexibility index (Phi) is 2.72. The van der Waals surface area contributed by atoms with Crippen LogP contribution in [0, 0.1) is 0 Å². The van der Waals surface area contributed by atoms with Crippen LogP contribution in [0.25, 0.3) is 10.8 Å². The number of benzene rings is 1.